The van der Waals surface area contributed by atoms with Gasteiger partial charge >= 0.3 is 0 Å². The minimum Gasteiger partial charge on any atom is -0.391 e. The lowest BCUT2D eigenvalue weighted by molar-refractivity contribution is -0.135. The summed E-state index contributed by atoms with van der Waals surface area (Å²) in [4.78, 5) is 20.8. The van der Waals surface area contributed by atoms with E-state index in [9.17, 15) is 9.90 Å². The molecule has 1 amide bonds. The highest BCUT2D eigenvalue weighted by atomic mass is 32.1. The number of piperazine rings is 1. The van der Waals surface area contributed by atoms with Crippen LogP contribution in [0.15, 0.2) is 11.4 Å². The number of carbonyl (C=O) groups excluding carboxylic acids is 1. The van der Waals surface area contributed by atoms with E-state index < -0.39 is 0 Å². The molecule has 132 valence electrons. The van der Waals surface area contributed by atoms with Crippen molar-refractivity contribution in [2.75, 3.05) is 39.3 Å². The summed E-state index contributed by atoms with van der Waals surface area (Å²) in [6, 6.07) is 2.52. The van der Waals surface area contributed by atoms with Gasteiger partial charge < -0.3 is 10.0 Å². The number of aliphatic hydroxyl groups is 1. The highest BCUT2D eigenvalue weighted by Gasteiger charge is 2.33. The summed E-state index contributed by atoms with van der Waals surface area (Å²) in [6.07, 6.45) is 4.08. The molecular formula is C18H27N3O2S. The second kappa shape index (κ2) is 7.12. The molecule has 4 rings (SSSR count). The van der Waals surface area contributed by atoms with Crippen LogP contribution in [0.25, 0.3) is 0 Å². The monoisotopic (exact) mass is 349 g/mol. The number of hydrogen-bond donors (Lipinski definition) is 1. The molecule has 3 heterocycles. The number of thiophene rings is 1. The quantitative estimate of drug-likeness (QED) is 0.890. The molecule has 3 aliphatic rings. The Bertz CT molecular complexity index is 583. The summed E-state index contributed by atoms with van der Waals surface area (Å²) < 4.78 is 0. The second-order valence-electron chi connectivity index (χ2n) is 7.31. The molecule has 24 heavy (non-hydrogen) atoms. The van der Waals surface area contributed by atoms with E-state index in [1.54, 1.807) is 0 Å². The first-order chi connectivity index (χ1) is 11.7. The molecule has 0 radical (unpaired) electrons. The van der Waals surface area contributed by atoms with Crippen LogP contribution in [0.4, 0.5) is 0 Å². The van der Waals surface area contributed by atoms with Gasteiger partial charge in [0.2, 0.25) is 5.91 Å². The lowest BCUT2D eigenvalue weighted by atomic mass is 10.1. The zero-order chi connectivity index (χ0) is 16.5. The van der Waals surface area contributed by atoms with E-state index in [-0.39, 0.29) is 12.0 Å². The number of fused-ring (bicyclic) bond motifs is 1. The standard InChI is InChI=1S/C18H27N3O2S/c22-16-3-1-2-15(16)20-7-9-21(10-8-20)18(23)13-19-6-4-17-14(12-19)5-11-24-17/h5,11,15-16,22H,1-4,6-10,12-13H2. The number of rotatable bonds is 3. The SMILES string of the molecule is O=C(CN1CCc2sccc2C1)N1CCN(C2CCCC2O)CC1. The normalized spacial score (nSPS) is 29.0. The van der Waals surface area contributed by atoms with Crippen LogP contribution in [0.1, 0.15) is 29.7 Å². The van der Waals surface area contributed by atoms with E-state index in [4.69, 9.17) is 0 Å². The number of carbonyl (C=O) groups is 1. The fourth-order valence-corrected chi connectivity index (χ4v) is 5.27. The molecule has 0 bridgehead atoms. The van der Waals surface area contributed by atoms with Crippen molar-refractivity contribution >= 4 is 17.2 Å². The van der Waals surface area contributed by atoms with Crippen LogP contribution in [0.5, 0.6) is 0 Å². The Labute approximate surface area is 147 Å². The maximum atomic E-state index is 12.6. The van der Waals surface area contributed by atoms with E-state index in [1.807, 2.05) is 16.2 Å². The Hall–Kier alpha value is -0.950. The first-order valence-electron chi connectivity index (χ1n) is 9.18. The van der Waals surface area contributed by atoms with Gasteiger partial charge in [0.05, 0.1) is 12.6 Å². The van der Waals surface area contributed by atoms with Crippen LogP contribution in [0, 0.1) is 0 Å². The lowest BCUT2D eigenvalue weighted by Gasteiger charge is -2.39. The Morgan fingerprint density at radius 1 is 1.21 bits per heavy atom. The van der Waals surface area contributed by atoms with Crippen LogP contribution < -0.4 is 0 Å². The number of nitrogens with zero attached hydrogens (tertiary/aromatic N) is 3. The van der Waals surface area contributed by atoms with Gasteiger partial charge in [-0.2, -0.15) is 0 Å². The van der Waals surface area contributed by atoms with Gasteiger partial charge in [-0.1, -0.05) is 0 Å². The maximum absolute atomic E-state index is 12.6. The fraction of sp³-hybridized carbons (Fsp3) is 0.722. The molecule has 1 N–H and O–H groups in total. The van der Waals surface area contributed by atoms with Crippen LogP contribution in [-0.4, -0.2) is 77.1 Å². The number of amides is 1. The third kappa shape index (κ3) is 3.38. The van der Waals surface area contributed by atoms with Crippen LogP contribution in [0.2, 0.25) is 0 Å². The largest absolute Gasteiger partial charge is 0.391 e. The van der Waals surface area contributed by atoms with Gasteiger partial charge in [-0.15, -0.1) is 11.3 Å². The van der Waals surface area contributed by atoms with E-state index in [1.165, 1.54) is 10.4 Å². The average molecular weight is 350 g/mol. The van der Waals surface area contributed by atoms with Gasteiger partial charge in [0.15, 0.2) is 0 Å². The van der Waals surface area contributed by atoms with Crippen LogP contribution in [0.3, 0.4) is 0 Å². The summed E-state index contributed by atoms with van der Waals surface area (Å²) >= 11 is 1.84. The zero-order valence-electron chi connectivity index (χ0n) is 14.2. The van der Waals surface area contributed by atoms with Crippen LogP contribution in [-0.2, 0) is 17.8 Å². The Kier molecular flexibility index (Phi) is 4.90. The molecule has 1 saturated heterocycles. The van der Waals surface area contributed by atoms with Gasteiger partial charge in [0.1, 0.15) is 0 Å². The molecule has 0 spiro atoms. The van der Waals surface area contributed by atoms with Gasteiger partial charge in [-0.3, -0.25) is 14.6 Å². The third-order valence-corrected chi connectivity index (χ3v) is 6.85. The Morgan fingerprint density at radius 2 is 2.04 bits per heavy atom. The van der Waals surface area contributed by atoms with Gasteiger partial charge in [-0.25, -0.2) is 0 Å². The molecule has 2 atom stereocenters. The summed E-state index contributed by atoms with van der Waals surface area (Å²) in [5.41, 5.74) is 1.40. The molecule has 1 aromatic heterocycles. The molecule has 0 aromatic carbocycles. The summed E-state index contributed by atoms with van der Waals surface area (Å²) in [7, 11) is 0. The van der Waals surface area contributed by atoms with E-state index >= 15 is 0 Å². The van der Waals surface area contributed by atoms with E-state index in [0.717, 1.165) is 65.0 Å². The molecule has 1 aliphatic carbocycles. The molecule has 5 nitrogen and oxygen atoms in total. The van der Waals surface area contributed by atoms with Crippen LogP contribution >= 0.6 is 11.3 Å². The topological polar surface area (TPSA) is 47.0 Å². The predicted molar refractivity (Wildman–Crippen MR) is 95.1 cm³/mol. The van der Waals surface area contributed by atoms with Gasteiger partial charge in [-0.05, 0) is 42.7 Å². The minimum absolute atomic E-state index is 0.166. The molecular weight excluding hydrogens is 322 g/mol. The zero-order valence-corrected chi connectivity index (χ0v) is 15.0. The predicted octanol–water partition coefficient (Wildman–Crippen LogP) is 1.16. The smallest absolute Gasteiger partial charge is 0.236 e. The fourth-order valence-electron chi connectivity index (χ4n) is 4.38. The summed E-state index contributed by atoms with van der Waals surface area (Å²) in [6.45, 7) is 5.87. The van der Waals surface area contributed by atoms with Crippen molar-refractivity contribution in [1.29, 1.82) is 0 Å². The number of aliphatic hydroxyl groups excluding tert-OH is 1. The Morgan fingerprint density at radius 3 is 2.79 bits per heavy atom. The Balaban J connectivity index is 1.26. The third-order valence-electron chi connectivity index (χ3n) is 5.83. The molecule has 2 unspecified atom stereocenters. The van der Waals surface area contributed by atoms with Crippen molar-refractivity contribution in [3.63, 3.8) is 0 Å². The maximum Gasteiger partial charge on any atom is 0.236 e. The van der Waals surface area contributed by atoms with Crippen molar-refractivity contribution in [1.82, 2.24) is 14.7 Å². The lowest BCUT2D eigenvalue weighted by Crippen LogP contribution is -2.55. The van der Waals surface area contributed by atoms with E-state index in [2.05, 4.69) is 21.2 Å². The summed E-state index contributed by atoms with van der Waals surface area (Å²) in [5.74, 6) is 0.264. The number of hydrogen-bond acceptors (Lipinski definition) is 5. The first kappa shape index (κ1) is 16.5. The molecule has 2 fully saturated rings. The highest BCUT2D eigenvalue weighted by molar-refractivity contribution is 7.10. The first-order valence-corrected chi connectivity index (χ1v) is 10.1. The average Bonchev–Trinajstić information content (AvgIpc) is 3.23. The minimum atomic E-state index is -0.166. The molecule has 1 saturated carbocycles. The molecule has 2 aliphatic heterocycles. The summed E-state index contributed by atoms with van der Waals surface area (Å²) in [5, 5.41) is 12.2. The van der Waals surface area contributed by atoms with Crippen molar-refractivity contribution in [2.24, 2.45) is 0 Å². The van der Waals surface area contributed by atoms with Gasteiger partial charge in [0.25, 0.3) is 0 Å². The van der Waals surface area contributed by atoms with Gasteiger partial charge in [0, 0.05) is 50.2 Å². The van der Waals surface area contributed by atoms with Crippen molar-refractivity contribution in [2.45, 2.75) is 44.4 Å². The highest BCUT2D eigenvalue weighted by Crippen LogP contribution is 2.26. The molecule has 1 aromatic rings. The van der Waals surface area contributed by atoms with Crippen molar-refractivity contribution in [3.05, 3.63) is 21.9 Å². The van der Waals surface area contributed by atoms with Crippen molar-refractivity contribution < 1.29 is 9.90 Å². The second-order valence-corrected chi connectivity index (χ2v) is 8.31. The van der Waals surface area contributed by atoms with Crippen molar-refractivity contribution in [3.8, 4) is 0 Å². The van der Waals surface area contributed by atoms with E-state index in [0.29, 0.717) is 12.6 Å². The molecule has 6 heteroatoms.